The van der Waals surface area contributed by atoms with Crippen molar-refractivity contribution in [2.24, 2.45) is 10.9 Å². The molecule has 0 bridgehead atoms. The lowest BCUT2D eigenvalue weighted by molar-refractivity contribution is 0.0939. The SMILES string of the molecule is CCC(C)NC(=O)c1ccc(CNC(=NC)NCCCOCC(C)C)cc1. The monoisotopic (exact) mass is 376 g/mol. The van der Waals surface area contributed by atoms with Gasteiger partial charge in [0.15, 0.2) is 5.96 Å². The lowest BCUT2D eigenvalue weighted by atomic mass is 10.1. The Morgan fingerprint density at radius 1 is 1.15 bits per heavy atom. The molecule has 6 heteroatoms. The Kier molecular flexibility index (Phi) is 11.2. The van der Waals surface area contributed by atoms with Gasteiger partial charge in [0.05, 0.1) is 0 Å². The topological polar surface area (TPSA) is 74.8 Å². The number of carbonyl (C=O) groups excluding carboxylic acids is 1. The lowest BCUT2D eigenvalue weighted by Crippen LogP contribution is -2.37. The van der Waals surface area contributed by atoms with Crippen molar-refractivity contribution >= 4 is 11.9 Å². The maximum Gasteiger partial charge on any atom is 0.251 e. The fraction of sp³-hybridized carbons (Fsp3) is 0.619. The molecular weight excluding hydrogens is 340 g/mol. The molecule has 1 unspecified atom stereocenters. The summed E-state index contributed by atoms with van der Waals surface area (Å²) in [5, 5.41) is 9.54. The Balaban J connectivity index is 2.33. The van der Waals surface area contributed by atoms with Crippen LogP contribution in [0.2, 0.25) is 0 Å². The molecule has 152 valence electrons. The van der Waals surface area contributed by atoms with E-state index in [1.54, 1.807) is 7.05 Å². The average molecular weight is 377 g/mol. The summed E-state index contributed by atoms with van der Waals surface area (Å²) in [6.07, 6.45) is 1.86. The van der Waals surface area contributed by atoms with Crippen LogP contribution >= 0.6 is 0 Å². The van der Waals surface area contributed by atoms with Gasteiger partial charge in [0.1, 0.15) is 0 Å². The summed E-state index contributed by atoms with van der Waals surface area (Å²) in [7, 11) is 1.76. The van der Waals surface area contributed by atoms with E-state index in [4.69, 9.17) is 4.74 Å². The van der Waals surface area contributed by atoms with Crippen molar-refractivity contribution in [2.45, 2.75) is 53.1 Å². The molecular formula is C21H36N4O2. The van der Waals surface area contributed by atoms with Crippen LogP contribution < -0.4 is 16.0 Å². The number of rotatable bonds is 11. The summed E-state index contributed by atoms with van der Waals surface area (Å²) in [6, 6.07) is 7.83. The van der Waals surface area contributed by atoms with Crippen LogP contribution in [0.3, 0.4) is 0 Å². The molecule has 27 heavy (non-hydrogen) atoms. The van der Waals surface area contributed by atoms with E-state index in [1.807, 2.05) is 31.2 Å². The van der Waals surface area contributed by atoms with Gasteiger partial charge in [0, 0.05) is 45.0 Å². The van der Waals surface area contributed by atoms with E-state index in [1.165, 1.54) is 0 Å². The average Bonchev–Trinajstić information content (AvgIpc) is 2.66. The molecule has 0 saturated heterocycles. The van der Waals surface area contributed by atoms with Crippen molar-refractivity contribution in [3.63, 3.8) is 0 Å². The number of nitrogens with one attached hydrogen (secondary N) is 3. The standard InChI is InChI=1S/C21H36N4O2/c1-6-17(4)25-20(26)19-10-8-18(9-11-19)14-24-21(22-5)23-12-7-13-27-15-16(2)3/h8-11,16-17H,6-7,12-15H2,1-5H3,(H,25,26)(H2,22,23,24). The molecule has 0 aromatic heterocycles. The van der Waals surface area contributed by atoms with Gasteiger partial charge in [0.2, 0.25) is 0 Å². The molecule has 1 aromatic rings. The highest BCUT2D eigenvalue weighted by molar-refractivity contribution is 5.94. The number of benzene rings is 1. The maximum absolute atomic E-state index is 12.1. The van der Waals surface area contributed by atoms with E-state index < -0.39 is 0 Å². The van der Waals surface area contributed by atoms with E-state index in [0.717, 1.165) is 44.1 Å². The molecule has 3 N–H and O–H groups in total. The molecule has 0 fully saturated rings. The van der Waals surface area contributed by atoms with Crippen LogP contribution in [-0.2, 0) is 11.3 Å². The van der Waals surface area contributed by atoms with Gasteiger partial charge in [-0.25, -0.2) is 0 Å². The van der Waals surface area contributed by atoms with E-state index in [9.17, 15) is 4.79 Å². The number of aliphatic imine (C=N–C) groups is 1. The first-order chi connectivity index (χ1) is 13.0. The molecule has 1 amide bonds. The first-order valence-electron chi connectivity index (χ1n) is 9.88. The van der Waals surface area contributed by atoms with Crippen LogP contribution in [0, 0.1) is 5.92 Å². The summed E-state index contributed by atoms with van der Waals surface area (Å²) < 4.78 is 5.57. The number of amides is 1. The van der Waals surface area contributed by atoms with Crippen molar-refractivity contribution < 1.29 is 9.53 Å². The summed E-state index contributed by atoms with van der Waals surface area (Å²) >= 11 is 0. The third-order valence-electron chi connectivity index (χ3n) is 4.10. The zero-order valence-corrected chi connectivity index (χ0v) is 17.5. The number of ether oxygens (including phenoxy) is 1. The molecule has 0 saturated carbocycles. The van der Waals surface area contributed by atoms with Crippen LogP contribution in [-0.4, -0.2) is 44.7 Å². The normalized spacial score (nSPS) is 12.7. The molecule has 1 atom stereocenters. The molecule has 0 aliphatic carbocycles. The van der Waals surface area contributed by atoms with Gasteiger partial charge in [-0.15, -0.1) is 0 Å². The minimum atomic E-state index is -0.0268. The van der Waals surface area contributed by atoms with E-state index >= 15 is 0 Å². The fourth-order valence-electron chi connectivity index (χ4n) is 2.29. The molecule has 1 rings (SSSR count). The number of guanidine groups is 1. The highest BCUT2D eigenvalue weighted by atomic mass is 16.5. The predicted molar refractivity (Wildman–Crippen MR) is 112 cm³/mol. The predicted octanol–water partition coefficient (Wildman–Crippen LogP) is 2.94. The largest absolute Gasteiger partial charge is 0.381 e. The summed E-state index contributed by atoms with van der Waals surface area (Å²) in [6.45, 7) is 11.4. The van der Waals surface area contributed by atoms with Gasteiger partial charge in [0.25, 0.3) is 5.91 Å². The van der Waals surface area contributed by atoms with Crippen molar-refractivity contribution in [1.82, 2.24) is 16.0 Å². The van der Waals surface area contributed by atoms with Crippen molar-refractivity contribution in [3.05, 3.63) is 35.4 Å². The quantitative estimate of drug-likeness (QED) is 0.315. The second-order valence-electron chi connectivity index (χ2n) is 7.15. The molecule has 0 spiro atoms. The molecule has 6 nitrogen and oxygen atoms in total. The van der Waals surface area contributed by atoms with Gasteiger partial charge in [-0.1, -0.05) is 32.9 Å². The number of hydrogen-bond acceptors (Lipinski definition) is 3. The number of carbonyl (C=O) groups is 1. The molecule has 1 aromatic carbocycles. The minimum absolute atomic E-state index is 0.0268. The van der Waals surface area contributed by atoms with Crippen LogP contribution in [0.1, 0.15) is 56.5 Å². The van der Waals surface area contributed by atoms with Gasteiger partial charge in [-0.05, 0) is 43.4 Å². The highest BCUT2D eigenvalue weighted by Crippen LogP contribution is 2.05. The Labute approximate surface area is 164 Å². The molecule has 0 heterocycles. The van der Waals surface area contributed by atoms with E-state index in [-0.39, 0.29) is 11.9 Å². The van der Waals surface area contributed by atoms with Gasteiger partial charge in [-0.3, -0.25) is 9.79 Å². The molecule has 0 radical (unpaired) electrons. The first kappa shape index (κ1) is 23.0. The van der Waals surface area contributed by atoms with Crippen LogP contribution in [0.25, 0.3) is 0 Å². The van der Waals surface area contributed by atoms with Gasteiger partial charge in [-0.2, -0.15) is 0 Å². The molecule has 0 aliphatic rings. The fourth-order valence-corrected chi connectivity index (χ4v) is 2.29. The Morgan fingerprint density at radius 2 is 1.85 bits per heavy atom. The lowest BCUT2D eigenvalue weighted by Gasteiger charge is -2.13. The second-order valence-corrected chi connectivity index (χ2v) is 7.15. The Hall–Kier alpha value is -2.08. The maximum atomic E-state index is 12.1. The minimum Gasteiger partial charge on any atom is -0.381 e. The third kappa shape index (κ3) is 9.99. The number of nitrogens with zero attached hydrogens (tertiary/aromatic N) is 1. The Morgan fingerprint density at radius 3 is 2.44 bits per heavy atom. The summed E-state index contributed by atoms with van der Waals surface area (Å²) in [5.41, 5.74) is 1.78. The number of hydrogen-bond donors (Lipinski definition) is 3. The smallest absolute Gasteiger partial charge is 0.251 e. The van der Waals surface area contributed by atoms with Gasteiger partial charge >= 0.3 is 0 Å². The Bertz CT molecular complexity index is 570. The van der Waals surface area contributed by atoms with Crippen molar-refractivity contribution in [3.8, 4) is 0 Å². The highest BCUT2D eigenvalue weighted by Gasteiger charge is 2.08. The van der Waals surface area contributed by atoms with Crippen LogP contribution in [0.4, 0.5) is 0 Å². The van der Waals surface area contributed by atoms with Crippen LogP contribution in [0.15, 0.2) is 29.3 Å². The zero-order valence-electron chi connectivity index (χ0n) is 17.5. The summed E-state index contributed by atoms with van der Waals surface area (Å²) in [5.74, 6) is 1.30. The zero-order chi connectivity index (χ0) is 20.1. The first-order valence-corrected chi connectivity index (χ1v) is 9.88. The van der Waals surface area contributed by atoms with Crippen LogP contribution in [0.5, 0.6) is 0 Å². The van der Waals surface area contributed by atoms with E-state index in [2.05, 4.69) is 41.7 Å². The van der Waals surface area contributed by atoms with Gasteiger partial charge < -0.3 is 20.7 Å². The molecule has 0 aliphatic heterocycles. The van der Waals surface area contributed by atoms with Crippen molar-refractivity contribution in [1.29, 1.82) is 0 Å². The summed E-state index contributed by atoms with van der Waals surface area (Å²) in [4.78, 5) is 16.3. The third-order valence-corrected chi connectivity index (χ3v) is 4.10. The van der Waals surface area contributed by atoms with E-state index in [0.29, 0.717) is 18.0 Å². The van der Waals surface area contributed by atoms with Crippen molar-refractivity contribution in [2.75, 3.05) is 26.8 Å². The second kappa shape index (κ2) is 13.1.